The van der Waals surface area contributed by atoms with Gasteiger partial charge >= 0.3 is 0 Å². The third-order valence-electron chi connectivity index (χ3n) is 9.38. The van der Waals surface area contributed by atoms with Gasteiger partial charge in [-0.15, -0.1) is 11.5 Å². The van der Waals surface area contributed by atoms with Crippen molar-refractivity contribution in [3.8, 4) is 11.5 Å². The van der Waals surface area contributed by atoms with Gasteiger partial charge in [-0.05, 0) is 11.1 Å². The van der Waals surface area contributed by atoms with Crippen LogP contribution in [-0.2, 0) is 20.1 Å². The zero-order chi connectivity index (χ0) is 41.9. The summed E-state index contributed by atoms with van der Waals surface area (Å²) >= 11 is 0. The van der Waals surface area contributed by atoms with Gasteiger partial charge in [-0.1, -0.05) is 231 Å². The van der Waals surface area contributed by atoms with Crippen LogP contribution in [0.15, 0.2) is 241 Å². The van der Waals surface area contributed by atoms with Crippen molar-refractivity contribution in [2.75, 3.05) is 13.1 Å². The largest absolute Gasteiger partial charge is 2.00 e. The van der Waals surface area contributed by atoms with Crippen LogP contribution < -0.4 is 42.0 Å². The molecule has 0 spiro atoms. The number of nitrogens with zero attached hydrogens (tertiary/aromatic N) is 2. The molecule has 11 heteroatoms. The van der Waals surface area contributed by atoms with Crippen LogP contribution in [0.2, 0.25) is 0 Å². The molecule has 0 aromatic heterocycles. The van der Waals surface area contributed by atoms with Gasteiger partial charge in [-0.25, -0.2) is 0 Å². The Morgan fingerprint density at radius 2 is 0.524 bits per heavy atom. The summed E-state index contributed by atoms with van der Waals surface area (Å²) in [6.45, 7) is 0.956. The van der Waals surface area contributed by atoms with Gasteiger partial charge in [0.15, 0.2) is 14.3 Å². The number of benzene rings is 8. The van der Waals surface area contributed by atoms with Gasteiger partial charge in [0.2, 0.25) is 0 Å². The van der Waals surface area contributed by atoms with Gasteiger partial charge in [0.05, 0.1) is 13.1 Å². The van der Waals surface area contributed by atoms with E-state index in [4.69, 9.17) is 0 Å². The minimum absolute atomic E-state index is 0. The van der Waals surface area contributed by atoms with Crippen LogP contribution in [0.5, 0.6) is 11.5 Å². The molecule has 0 saturated carbocycles. The molecule has 0 aliphatic rings. The summed E-state index contributed by atoms with van der Waals surface area (Å²) in [7, 11) is -5.55. The zero-order valence-electron chi connectivity index (χ0n) is 34.2. The predicted molar refractivity (Wildman–Crippen MR) is 250 cm³/mol. The maximum absolute atomic E-state index is 13.8. The molecule has 0 bridgehead atoms. The third kappa shape index (κ3) is 13.8. The Bertz CT molecular complexity index is 2280. The van der Waals surface area contributed by atoms with Crippen molar-refractivity contribution in [2.24, 2.45) is 9.98 Å². The van der Waals surface area contributed by atoms with Crippen molar-refractivity contribution < 1.29 is 61.4 Å². The summed E-state index contributed by atoms with van der Waals surface area (Å²) in [5.74, 6) is -0.0833. The molecule has 0 amide bonds. The van der Waals surface area contributed by atoms with Crippen molar-refractivity contribution in [3.05, 3.63) is 242 Å². The molecule has 0 N–H and O–H groups in total. The quantitative estimate of drug-likeness (QED) is 0.0735. The third-order valence-corrected chi connectivity index (χ3v) is 15.5. The SMILES string of the molecule is O=P(c1ccccc1)(c1ccccc1)c1ccccc1.O=P(c1ccccc1)(c1ccccc1)c1ccccc1.[O-2].[O-2].[O-]c1ccccc1C=NCCN=Cc1ccccc1[O-].[U]. The van der Waals surface area contributed by atoms with Crippen LogP contribution in [0.4, 0.5) is 0 Å². The van der Waals surface area contributed by atoms with Crippen LogP contribution in [0.1, 0.15) is 11.1 Å². The van der Waals surface area contributed by atoms with E-state index >= 15 is 0 Å². The molecule has 0 radical (unpaired) electrons. The van der Waals surface area contributed by atoms with Gasteiger partial charge in [-0.3, -0.25) is 9.98 Å². The molecule has 8 aromatic carbocycles. The summed E-state index contributed by atoms with van der Waals surface area (Å²) in [5, 5.41) is 28.0. The second kappa shape index (κ2) is 26.6. The van der Waals surface area contributed by atoms with Crippen LogP contribution in [0.25, 0.3) is 0 Å². The number of aliphatic imine (C=N–C) groups is 2. The standard InChI is InChI=1S/2C18H15OP.C16H16N2O2.2O.U/c2*19-20(16-10-4-1-5-11-16,17-12-6-2-7-13-17)18-14-8-3-9-15-18;19-15-7-3-1-5-13(15)11-17-9-10-18-12-14-6-2-4-8-16(14)20;;;/h2*1-15H;1-8,11-12,19-20H,9-10H2;;;/q;;;2*-2;/p-2. The van der Waals surface area contributed by atoms with E-state index < -0.39 is 14.3 Å². The number of hydrogen-bond donors (Lipinski definition) is 0. The van der Waals surface area contributed by atoms with Gasteiger partial charge < -0.3 is 30.3 Å². The van der Waals surface area contributed by atoms with Crippen molar-refractivity contribution in [3.63, 3.8) is 0 Å². The molecule has 0 aliphatic carbocycles. The average Bonchev–Trinajstić information content (AvgIpc) is 3.33. The second-order valence-corrected chi connectivity index (χ2v) is 18.9. The Morgan fingerprint density at radius 1 is 0.333 bits per heavy atom. The van der Waals surface area contributed by atoms with Crippen LogP contribution in [-0.4, -0.2) is 25.5 Å². The molecule has 0 unspecified atom stereocenters. The number of hydrogen-bond acceptors (Lipinski definition) is 6. The van der Waals surface area contributed by atoms with Gasteiger partial charge in [0, 0.05) is 75.4 Å². The van der Waals surface area contributed by atoms with E-state index in [9.17, 15) is 19.3 Å². The first-order valence-corrected chi connectivity index (χ1v) is 22.9. The Kier molecular flexibility index (Phi) is 21.7. The van der Waals surface area contributed by atoms with E-state index in [2.05, 4.69) is 9.98 Å². The Labute approximate surface area is 393 Å². The van der Waals surface area contributed by atoms with Crippen molar-refractivity contribution in [2.45, 2.75) is 0 Å². The zero-order valence-corrected chi connectivity index (χ0v) is 40.2. The molecule has 0 atom stereocenters. The maximum atomic E-state index is 13.8. The molecular formula is C52H44N2O6P2U-6. The van der Waals surface area contributed by atoms with E-state index in [1.165, 1.54) is 12.1 Å². The molecule has 318 valence electrons. The minimum atomic E-state index is -2.78. The Hall–Kier alpha value is -5.87. The number of rotatable bonds is 11. The van der Waals surface area contributed by atoms with Crippen LogP contribution >= 0.6 is 14.3 Å². The Balaban J connectivity index is 0.000000246. The van der Waals surface area contributed by atoms with Gasteiger partial charge in [0.1, 0.15) is 0 Å². The minimum Gasteiger partial charge on any atom is -2.00 e. The second-order valence-electron chi connectivity index (χ2n) is 13.4. The van der Waals surface area contributed by atoms with Gasteiger partial charge in [-0.2, -0.15) is 0 Å². The van der Waals surface area contributed by atoms with E-state index in [1.54, 1.807) is 48.8 Å². The average molecular weight is 1090 g/mol. The fourth-order valence-corrected chi connectivity index (χ4v) is 11.7. The molecule has 0 aliphatic heterocycles. The number of para-hydroxylation sites is 2. The van der Waals surface area contributed by atoms with Crippen molar-refractivity contribution >= 4 is 58.5 Å². The van der Waals surface area contributed by atoms with Crippen molar-refractivity contribution in [1.29, 1.82) is 0 Å². The molecule has 8 nitrogen and oxygen atoms in total. The predicted octanol–water partition coefficient (Wildman–Crippen LogP) is 7.79. The van der Waals surface area contributed by atoms with Crippen LogP contribution in [0.3, 0.4) is 0 Å². The maximum Gasteiger partial charge on any atom is 0.171 e. The summed E-state index contributed by atoms with van der Waals surface area (Å²) in [5.41, 5.74) is 1.14. The van der Waals surface area contributed by atoms with Crippen LogP contribution in [0, 0.1) is 31.1 Å². The van der Waals surface area contributed by atoms with E-state index in [0.29, 0.717) is 24.2 Å². The molecule has 0 saturated heterocycles. The molecule has 8 rings (SSSR count). The summed E-state index contributed by atoms with van der Waals surface area (Å²) in [4.78, 5) is 8.28. The first kappa shape index (κ1) is 51.5. The normalized spacial score (nSPS) is 10.7. The van der Waals surface area contributed by atoms with Crippen molar-refractivity contribution in [1.82, 2.24) is 0 Å². The molecule has 8 aromatic rings. The van der Waals surface area contributed by atoms with Gasteiger partial charge in [0.25, 0.3) is 0 Å². The fraction of sp³-hybridized carbons (Fsp3) is 0.0385. The molecule has 0 heterocycles. The first-order chi connectivity index (χ1) is 29.4. The smallest absolute Gasteiger partial charge is 0.171 e. The summed E-state index contributed by atoms with van der Waals surface area (Å²) in [6, 6.07) is 71.7. The molecule has 0 fully saturated rings. The van der Waals surface area contributed by atoms with E-state index in [-0.39, 0.29) is 53.6 Å². The van der Waals surface area contributed by atoms with E-state index in [1.807, 2.05) is 182 Å². The van der Waals surface area contributed by atoms with E-state index in [0.717, 1.165) is 31.8 Å². The fourth-order valence-electron chi connectivity index (χ4n) is 6.34. The molecule has 63 heavy (non-hydrogen) atoms. The topological polar surface area (TPSA) is 162 Å². The Morgan fingerprint density at radius 3 is 0.730 bits per heavy atom. The first-order valence-electron chi connectivity index (χ1n) is 19.5. The molecular weight excluding hydrogens is 1050 g/mol. The monoisotopic (exact) mass is 1090 g/mol. The summed E-state index contributed by atoms with van der Waals surface area (Å²) < 4.78 is 27.6. The summed E-state index contributed by atoms with van der Waals surface area (Å²) in [6.07, 6.45) is 3.11.